The summed E-state index contributed by atoms with van der Waals surface area (Å²) in [6.07, 6.45) is 0. The third-order valence-electron chi connectivity index (χ3n) is 3.96. The van der Waals surface area contributed by atoms with E-state index in [0.29, 0.717) is 0 Å². The van der Waals surface area contributed by atoms with Gasteiger partial charge in [0.1, 0.15) is 0 Å². The van der Waals surface area contributed by atoms with E-state index in [9.17, 15) is 0 Å². The fraction of sp³-hybridized carbons (Fsp3) is 1.00. The van der Waals surface area contributed by atoms with Crippen LogP contribution in [0.3, 0.4) is 0 Å². The van der Waals surface area contributed by atoms with E-state index in [4.69, 9.17) is 28.4 Å². The van der Waals surface area contributed by atoms with Crippen LogP contribution in [0.2, 0.25) is 0 Å². The van der Waals surface area contributed by atoms with Gasteiger partial charge in [0.25, 0.3) is 0 Å². The first-order valence-electron chi connectivity index (χ1n) is 10.3. The molecule has 0 radical (unpaired) electrons. The molecule has 0 atom stereocenters. The van der Waals surface area contributed by atoms with Crippen molar-refractivity contribution in [1.82, 2.24) is 9.80 Å². The topological polar surface area (TPSA) is 61.9 Å². The van der Waals surface area contributed by atoms with Gasteiger partial charge < -0.3 is 28.4 Å². The monoisotopic (exact) mass is 410 g/mol. The lowest BCUT2D eigenvalue weighted by atomic mass is 10.4. The van der Waals surface area contributed by atoms with E-state index in [0.717, 1.165) is 92.1 Å². The van der Waals surface area contributed by atoms with Gasteiger partial charge in [-0.15, -0.1) is 0 Å². The van der Waals surface area contributed by atoms with Crippen LogP contribution >= 0.6 is 0 Å². The summed E-state index contributed by atoms with van der Waals surface area (Å²) in [6.45, 7) is 15.8. The zero-order valence-corrected chi connectivity index (χ0v) is 19.2. The van der Waals surface area contributed by atoms with Crippen molar-refractivity contribution in [1.29, 1.82) is 0 Å². The molecule has 0 fully saturated rings. The van der Waals surface area contributed by atoms with Crippen LogP contribution in [0, 0.1) is 0 Å². The number of ether oxygens (including phenoxy) is 6. The van der Waals surface area contributed by atoms with Gasteiger partial charge in [0.15, 0.2) is 0 Å². The van der Waals surface area contributed by atoms with Crippen molar-refractivity contribution in [2.45, 2.75) is 13.8 Å². The largest absolute Gasteiger partial charge is 0.383 e. The van der Waals surface area contributed by atoms with E-state index in [1.807, 2.05) is 13.8 Å². The van der Waals surface area contributed by atoms with Gasteiger partial charge in [-0.25, -0.2) is 0 Å². The lowest BCUT2D eigenvalue weighted by Gasteiger charge is -2.21. The second-order valence-corrected chi connectivity index (χ2v) is 6.05. The van der Waals surface area contributed by atoms with E-state index in [1.54, 1.807) is 28.4 Å². The fourth-order valence-corrected chi connectivity index (χ4v) is 2.23. The van der Waals surface area contributed by atoms with E-state index in [1.165, 1.54) is 0 Å². The van der Waals surface area contributed by atoms with Gasteiger partial charge in [0, 0.05) is 80.9 Å². The number of methoxy groups -OCH3 is 4. The highest BCUT2D eigenvalue weighted by Gasteiger charge is 2.04. The highest BCUT2D eigenvalue weighted by Crippen LogP contribution is 1.90. The lowest BCUT2D eigenvalue weighted by Crippen LogP contribution is -2.33. The van der Waals surface area contributed by atoms with Crippen molar-refractivity contribution >= 4 is 0 Å². The Kier molecular flexibility index (Phi) is 28.5. The van der Waals surface area contributed by atoms with Crippen molar-refractivity contribution in [3.05, 3.63) is 0 Å². The second kappa shape index (κ2) is 26.7. The summed E-state index contributed by atoms with van der Waals surface area (Å²) < 4.78 is 30.7. The number of hydrogen-bond acceptors (Lipinski definition) is 8. The van der Waals surface area contributed by atoms with Crippen molar-refractivity contribution < 1.29 is 28.4 Å². The van der Waals surface area contributed by atoms with Gasteiger partial charge in [-0.05, 0) is 13.8 Å². The first kappa shape index (κ1) is 29.9. The molecule has 0 aliphatic rings. The molecule has 8 heteroatoms. The average molecular weight is 411 g/mol. The smallest absolute Gasteiger partial charge is 0.0593 e. The summed E-state index contributed by atoms with van der Waals surface area (Å²) in [5, 5.41) is 0. The Labute approximate surface area is 173 Å². The van der Waals surface area contributed by atoms with Crippen molar-refractivity contribution in [2.75, 3.05) is 121 Å². The van der Waals surface area contributed by atoms with Crippen LogP contribution in [0.15, 0.2) is 0 Å². The molecule has 8 nitrogen and oxygen atoms in total. The summed E-state index contributed by atoms with van der Waals surface area (Å²) in [7, 11) is 6.88. The molecule has 172 valence electrons. The van der Waals surface area contributed by atoms with Gasteiger partial charge >= 0.3 is 0 Å². The molecule has 28 heavy (non-hydrogen) atoms. The summed E-state index contributed by atoms with van der Waals surface area (Å²) in [6, 6.07) is 0. The predicted octanol–water partition coefficient (Wildman–Crippen LogP) is 1.24. The molecular formula is C20H46N2O6. The molecule has 0 saturated heterocycles. The zero-order valence-electron chi connectivity index (χ0n) is 19.2. The van der Waals surface area contributed by atoms with Crippen LogP contribution < -0.4 is 0 Å². The molecule has 0 heterocycles. The van der Waals surface area contributed by atoms with Crippen LogP contribution in [-0.4, -0.2) is 130 Å². The Bertz CT molecular complexity index is 233. The van der Waals surface area contributed by atoms with Gasteiger partial charge in [-0.3, -0.25) is 9.80 Å². The maximum Gasteiger partial charge on any atom is 0.0593 e. The van der Waals surface area contributed by atoms with Gasteiger partial charge in [0.2, 0.25) is 0 Å². The maximum atomic E-state index is 5.30. The second-order valence-electron chi connectivity index (χ2n) is 6.05. The SMILES string of the molecule is CCOCCN(CCOC)CCOC.CCOCCN(CCOC)CCOC. The van der Waals surface area contributed by atoms with Crippen LogP contribution in [0.5, 0.6) is 0 Å². The first-order chi connectivity index (χ1) is 13.7. The minimum atomic E-state index is 0.760. The number of hydrogen-bond donors (Lipinski definition) is 0. The molecule has 0 bridgehead atoms. The molecule has 0 aromatic rings. The number of rotatable bonds is 20. The van der Waals surface area contributed by atoms with Crippen molar-refractivity contribution in [3.8, 4) is 0 Å². The van der Waals surface area contributed by atoms with Crippen LogP contribution in [0.1, 0.15) is 13.8 Å². The maximum absolute atomic E-state index is 5.30. The summed E-state index contributed by atoms with van der Waals surface area (Å²) in [4.78, 5) is 4.56. The highest BCUT2D eigenvalue weighted by atomic mass is 16.5. The van der Waals surface area contributed by atoms with Gasteiger partial charge in [-0.1, -0.05) is 0 Å². The summed E-state index contributed by atoms with van der Waals surface area (Å²) >= 11 is 0. The zero-order chi connectivity index (χ0) is 21.3. The molecule has 0 spiro atoms. The Morgan fingerprint density at radius 2 is 0.679 bits per heavy atom. The molecule has 0 saturated carbocycles. The fourth-order valence-electron chi connectivity index (χ4n) is 2.23. The minimum absolute atomic E-state index is 0.760. The molecule has 0 N–H and O–H groups in total. The Morgan fingerprint density at radius 1 is 0.429 bits per heavy atom. The van der Waals surface area contributed by atoms with E-state index < -0.39 is 0 Å². The van der Waals surface area contributed by atoms with Gasteiger partial charge in [0.05, 0.1) is 39.6 Å². The molecule has 0 aromatic heterocycles. The van der Waals surface area contributed by atoms with E-state index in [2.05, 4.69) is 9.80 Å². The van der Waals surface area contributed by atoms with Crippen molar-refractivity contribution in [3.63, 3.8) is 0 Å². The van der Waals surface area contributed by atoms with Crippen molar-refractivity contribution in [2.24, 2.45) is 0 Å². The summed E-state index contributed by atoms with van der Waals surface area (Å²) in [5.41, 5.74) is 0. The molecule has 0 rings (SSSR count). The van der Waals surface area contributed by atoms with E-state index >= 15 is 0 Å². The van der Waals surface area contributed by atoms with E-state index in [-0.39, 0.29) is 0 Å². The molecular weight excluding hydrogens is 364 g/mol. The Morgan fingerprint density at radius 3 is 0.893 bits per heavy atom. The first-order valence-corrected chi connectivity index (χ1v) is 10.3. The highest BCUT2D eigenvalue weighted by molar-refractivity contribution is 4.57. The molecule has 0 unspecified atom stereocenters. The quantitative estimate of drug-likeness (QED) is 0.278. The molecule has 0 aliphatic carbocycles. The molecule has 0 aromatic carbocycles. The Hall–Kier alpha value is -0.320. The lowest BCUT2D eigenvalue weighted by molar-refractivity contribution is 0.0771. The third-order valence-corrected chi connectivity index (χ3v) is 3.96. The minimum Gasteiger partial charge on any atom is -0.383 e. The normalized spacial score (nSPS) is 11.1. The third kappa shape index (κ3) is 23.7. The van der Waals surface area contributed by atoms with Crippen LogP contribution in [-0.2, 0) is 28.4 Å². The molecule has 0 amide bonds. The number of nitrogens with zero attached hydrogens (tertiary/aromatic N) is 2. The summed E-state index contributed by atoms with van der Waals surface area (Å²) in [5.74, 6) is 0. The van der Waals surface area contributed by atoms with Crippen LogP contribution in [0.25, 0.3) is 0 Å². The molecule has 0 aliphatic heterocycles. The van der Waals surface area contributed by atoms with Gasteiger partial charge in [-0.2, -0.15) is 0 Å². The predicted molar refractivity (Wildman–Crippen MR) is 113 cm³/mol. The Balaban J connectivity index is 0. The standard InChI is InChI=1S/2C10H23NO3/c2*1-4-14-10-7-11(5-8-12-2)6-9-13-3/h2*4-10H2,1-3H3. The average Bonchev–Trinajstić information content (AvgIpc) is 2.72. The van der Waals surface area contributed by atoms with Crippen LogP contribution in [0.4, 0.5) is 0 Å².